The van der Waals surface area contributed by atoms with Crippen molar-refractivity contribution in [1.29, 1.82) is 0 Å². The van der Waals surface area contributed by atoms with Gasteiger partial charge in [-0.05, 0) is 30.5 Å². The Bertz CT molecular complexity index is 481. The van der Waals surface area contributed by atoms with Crippen LogP contribution in [-0.4, -0.2) is 32.7 Å². The van der Waals surface area contributed by atoms with E-state index in [1.165, 1.54) is 18.1 Å². The first-order valence-corrected chi connectivity index (χ1v) is 6.43. The van der Waals surface area contributed by atoms with Crippen molar-refractivity contribution in [1.82, 2.24) is 14.8 Å². The number of carbonyl (C=O) groups is 1. The number of nitrogens with zero attached hydrogens (tertiary/aromatic N) is 3. The molecule has 0 aliphatic heterocycles. The second kappa shape index (κ2) is 5.49. The number of anilines is 1. The molecule has 0 atom stereocenters. The van der Waals surface area contributed by atoms with Crippen molar-refractivity contribution in [2.45, 2.75) is 0 Å². The molecule has 1 aromatic carbocycles. The van der Waals surface area contributed by atoms with E-state index in [0.717, 1.165) is 11.4 Å². The Morgan fingerprint density at radius 1 is 1.41 bits per heavy atom. The molecule has 2 rings (SSSR count). The highest BCUT2D eigenvalue weighted by Gasteiger charge is 2.01. The van der Waals surface area contributed by atoms with E-state index in [2.05, 4.69) is 15.4 Å². The average molecular weight is 248 g/mol. The van der Waals surface area contributed by atoms with Gasteiger partial charge in [-0.3, -0.25) is 4.79 Å². The molecule has 1 N–H and O–H groups in total. The Kier molecular flexibility index (Phi) is 3.77. The monoisotopic (exact) mass is 248 g/mol. The first-order chi connectivity index (χ1) is 8.29. The third kappa shape index (κ3) is 3.07. The summed E-state index contributed by atoms with van der Waals surface area (Å²) < 4.78 is 1.66. The normalized spacial score (nSPS) is 10.2. The quantitative estimate of drug-likeness (QED) is 0.892. The predicted molar refractivity (Wildman–Crippen MR) is 68.4 cm³/mol. The molecule has 0 unspecified atom stereocenters. The lowest BCUT2D eigenvalue weighted by molar-refractivity contribution is -0.113. The fraction of sp³-hybridized carbons (Fsp3) is 0.182. The molecular weight excluding hydrogens is 236 g/mol. The standard InChI is InChI=1S/C11H12N4OS/c1-17-6-11(16)14-9-2-4-10(5-3-9)15-8-12-7-13-15/h2-5,7-8H,6H2,1H3,(H,14,16). The van der Waals surface area contributed by atoms with Crippen LogP contribution < -0.4 is 5.32 Å². The van der Waals surface area contributed by atoms with Gasteiger partial charge in [-0.15, -0.1) is 0 Å². The van der Waals surface area contributed by atoms with Gasteiger partial charge in [0.15, 0.2) is 0 Å². The first kappa shape index (κ1) is 11.7. The average Bonchev–Trinajstić information content (AvgIpc) is 2.84. The van der Waals surface area contributed by atoms with E-state index in [4.69, 9.17) is 0 Å². The Labute approximate surface area is 103 Å². The van der Waals surface area contributed by atoms with Crippen LogP contribution in [0.1, 0.15) is 0 Å². The molecule has 2 aromatic rings. The summed E-state index contributed by atoms with van der Waals surface area (Å²) >= 11 is 1.50. The molecule has 88 valence electrons. The van der Waals surface area contributed by atoms with Crippen molar-refractivity contribution in [3.05, 3.63) is 36.9 Å². The molecule has 1 amide bonds. The third-order valence-corrected chi connectivity index (χ3v) is 2.66. The smallest absolute Gasteiger partial charge is 0.234 e. The lowest BCUT2D eigenvalue weighted by atomic mass is 10.3. The fourth-order valence-corrected chi connectivity index (χ4v) is 1.70. The summed E-state index contributed by atoms with van der Waals surface area (Å²) in [5.41, 5.74) is 1.69. The highest BCUT2D eigenvalue weighted by Crippen LogP contribution is 2.12. The summed E-state index contributed by atoms with van der Waals surface area (Å²) in [5, 5.41) is 6.83. The van der Waals surface area contributed by atoms with Crippen LogP contribution in [0.4, 0.5) is 5.69 Å². The van der Waals surface area contributed by atoms with Crippen molar-refractivity contribution < 1.29 is 4.79 Å². The number of hydrogen-bond donors (Lipinski definition) is 1. The number of nitrogens with one attached hydrogen (secondary N) is 1. The van der Waals surface area contributed by atoms with Crippen LogP contribution in [0.3, 0.4) is 0 Å². The lowest BCUT2D eigenvalue weighted by Gasteiger charge is -2.05. The summed E-state index contributed by atoms with van der Waals surface area (Å²) in [6.07, 6.45) is 5.00. The van der Waals surface area contributed by atoms with E-state index < -0.39 is 0 Å². The molecule has 0 bridgehead atoms. The minimum Gasteiger partial charge on any atom is -0.325 e. The Morgan fingerprint density at radius 3 is 2.76 bits per heavy atom. The number of benzene rings is 1. The van der Waals surface area contributed by atoms with Gasteiger partial charge in [-0.2, -0.15) is 16.9 Å². The van der Waals surface area contributed by atoms with Crippen LogP contribution in [0.2, 0.25) is 0 Å². The van der Waals surface area contributed by atoms with Crippen LogP contribution in [0.5, 0.6) is 0 Å². The van der Waals surface area contributed by atoms with Gasteiger partial charge in [0.2, 0.25) is 5.91 Å². The van der Waals surface area contributed by atoms with Crippen molar-refractivity contribution in [3.63, 3.8) is 0 Å². The number of thioether (sulfide) groups is 1. The lowest BCUT2D eigenvalue weighted by Crippen LogP contribution is -2.13. The molecule has 0 saturated heterocycles. The number of carbonyl (C=O) groups excluding carboxylic acids is 1. The van der Waals surface area contributed by atoms with Crippen LogP contribution >= 0.6 is 11.8 Å². The molecule has 6 heteroatoms. The van der Waals surface area contributed by atoms with Gasteiger partial charge in [0, 0.05) is 5.69 Å². The minimum absolute atomic E-state index is 0.00556. The van der Waals surface area contributed by atoms with Crippen LogP contribution in [0, 0.1) is 0 Å². The van der Waals surface area contributed by atoms with Gasteiger partial charge in [0.1, 0.15) is 12.7 Å². The van der Waals surface area contributed by atoms with Crippen molar-refractivity contribution in [2.24, 2.45) is 0 Å². The van der Waals surface area contributed by atoms with Gasteiger partial charge < -0.3 is 5.32 Å². The zero-order valence-corrected chi connectivity index (χ0v) is 10.1. The molecule has 0 aliphatic carbocycles. The van der Waals surface area contributed by atoms with Crippen LogP contribution in [-0.2, 0) is 4.79 Å². The van der Waals surface area contributed by atoms with Crippen molar-refractivity contribution in [2.75, 3.05) is 17.3 Å². The second-order valence-electron chi connectivity index (χ2n) is 3.37. The van der Waals surface area contributed by atoms with Gasteiger partial charge in [0.05, 0.1) is 11.4 Å². The molecule has 1 aromatic heterocycles. The Morgan fingerprint density at radius 2 is 2.18 bits per heavy atom. The zero-order valence-electron chi connectivity index (χ0n) is 9.33. The highest BCUT2D eigenvalue weighted by atomic mass is 32.2. The molecular formula is C11H12N4OS. The van der Waals surface area contributed by atoms with Crippen molar-refractivity contribution in [3.8, 4) is 5.69 Å². The summed E-state index contributed by atoms with van der Waals surface area (Å²) in [6.45, 7) is 0. The Balaban J connectivity index is 2.06. The number of hydrogen-bond acceptors (Lipinski definition) is 4. The summed E-state index contributed by atoms with van der Waals surface area (Å²) in [4.78, 5) is 15.2. The number of aromatic nitrogens is 3. The topological polar surface area (TPSA) is 59.8 Å². The molecule has 17 heavy (non-hydrogen) atoms. The highest BCUT2D eigenvalue weighted by molar-refractivity contribution is 7.99. The summed E-state index contributed by atoms with van der Waals surface area (Å²) in [7, 11) is 0. The SMILES string of the molecule is CSCC(=O)Nc1ccc(-n2cncn2)cc1. The van der Waals surface area contributed by atoms with E-state index in [-0.39, 0.29) is 5.91 Å². The van der Waals surface area contributed by atoms with E-state index in [0.29, 0.717) is 5.75 Å². The largest absolute Gasteiger partial charge is 0.325 e. The van der Waals surface area contributed by atoms with Crippen LogP contribution in [0.25, 0.3) is 5.69 Å². The molecule has 5 nitrogen and oxygen atoms in total. The van der Waals surface area contributed by atoms with Gasteiger partial charge in [-0.1, -0.05) is 0 Å². The van der Waals surface area contributed by atoms with Gasteiger partial charge >= 0.3 is 0 Å². The van der Waals surface area contributed by atoms with E-state index in [1.54, 1.807) is 11.0 Å². The number of rotatable bonds is 4. The number of amides is 1. The second-order valence-corrected chi connectivity index (χ2v) is 4.23. The maximum absolute atomic E-state index is 11.4. The molecule has 0 saturated carbocycles. The van der Waals surface area contributed by atoms with E-state index in [1.807, 2.05) is 30.5 Å². The van der Waals surface area contributed by atoms with Gasteiger partial charge in [-0.25, -0.2) is 9.67 Å². The molecule has 1 heterocycles. The Hall–Kier alpha value is -1.82. The third-order valence-electron chi connectivity index (χ3n) is 2.11. The molecule has 0 fully saturated rings. The molecule has 0 radical (unpaired) electrons. The fourth-order valence-electron chi connectivity index (χ4n) is 1.37. The van der Waals surface area contributed by atoms with Crippen LogP contribution in [0.15, 0.2) is 36.9 Å². The maximum Gasteiger partial charge on any atom is 0.234 e. The predicted octanol–water partition coefficient (Wildman–Crippen LogP) is 1.57. The zero-order chi connectivity index (χ0) is 12.1. The maximum atomic E-state index is 11.4. The molecule has 0 spiro atoms. The van der Waals surface area contributed by atoms with Gasteiger partial charge in [0.25, 0.3) is 0 Å². The van der Waals surface area contributed by atoms with E-state index >= 15 is 0 Å². The van der Waals surface area contributed by atoms with E-state index in [9.17, 15) is 4.79 Å². The molecule has 0 aliphatic rings. The minimum atomic E-state index is 0.00556. The van der Waals surface area contributed by atoms with Crippen molar-refractivity contribution >= 4 is 23.4 Å². The summed E-state index contributed by atoms with van der Waals surface area (Å²) in [5.74, 6) is 0.469. The first-order valence-electron chi connectivity index (χ1n) is 5.03. The summed E-state index contributed by atoms with van der Waals surface area (Å²) in [6, 6.07) is 7.44.